The molecule has 0 aromatic rings. The van der Waals surface area contributed by atoms with Crippen molar-refractivity contribution in [1.29, 1.82) is 0 Å². The van der Waals surface area contributed by atoms with Crippen LogP contribution in [-0.2, 0) is 85.8 Å². The van der Waals surface area contributed by atoms with Gasteiger partial charge in [0.1, 0.15) is 0 Å². The molecule has 0 aliphatic carbocycles. The lowest BCUT2D eigenvalue weighted by Gasteiger charge is -2.04. The molecule has 19 nitrogen and oxygen atoms in total. The van der Waals surface area contributed by atoms with Crippen LogP contribution in [0.5, 0.6) is 0 Å². The molecule has 356 valence electrons. The SMILES string of the molecule is CC(C)(C)O.CCOC(C)=O.CCOC(C)=O.CCOC(C)=O.CCOC(C)=O.CCOC(C)=O.CCOC(C)=O.CCOC(C)=O.CCOC(C)=O.CCOC(C)=O. The minimum absolute atomic E-state index is 0.211. The molecule has 0 unspecified atom stereocenters. The fourth-order valence-electron chi connectivity index (χ4n) is 1.83. The zero-order valence-electron chi connectivity index (χ0n) is 40.2. The Bertz CT molecular complexity index is 754. The first kappa shape index (κ1) is 78.5. The number of hydrogen-bond acceptors (Lipinski definition) is 19. The van der Waals surface area contributed by atoms with Gasteiger partial charge in [-0.05, 0) is 83.1 Å². The molecular formula is C40H82O19. The van der Waals surface area contributed by atoms with E-state index in [0.29, 0.717) is 59.5 Å². The second-order valence-electron chi connectivity index (χ2n) is 10.5. The van der Waals surface area contributed by atoms with Crippen molar-refractivity contribution in [3.63, 3.8) is 0 Å². The van der Waals surface area contributed by atoms with Crippen molar-refractivity contribution in [1.82, 2.24) is 0 Å². The molecular weight excluding hydrogens is 784 g/mol. The Morgan fingerprint density at radius 1 is 0.271 bits per heavy atom. The van der Waals surface area contributed by atoms with Crippen molar-refractivity contribution >= 4 is 53.7 Å². The summed E-state index contributed by atoms with van der Waals surface area (Å²) in [6.07, 6.45) is 0. The van der Waals surface area contributed by atoms with Crippen LogP contribution in [0.1, 0.15) is 145 Å². The summed E-state index contributed by atoms with van der Waals surface area (Å²) in [4.78, 5) is 88.4. The lowest BCUT2D eigenvalue weighted by atomic mass is 10.2. The summed E-state index contributed by atoms with van der Waals surface area (Å²) in [6, 6.07) is 0. The van der Waals surface area contributed by atoms with E-state index in [1.54, 1.807) is 83.1 Å². The molecule has 0 bridgehead atoms. The lowest BCUT2D eigenvalue weighted by molar-refractivity contribution is -0.141. The molecule has 0 aromatic carbocycles. The lowest BCUT2D eigenvalue weighted by Crippen LogP contribution is -2.10. The number of esters is 9. The Hall–Kier alpha value is -4.81. The molecule has 0 radical (unpaired) electrons. The molecule has 0 rings (SSSR count). The third kappa shape index (κ3) is 283. The van der Waals surface area contributed by atoms with Gasteiger partial charge in [-0.25, -0.2) is 0 Å². The number of rotatable bonds is 9. The second-order valence-corrected chi connectivity index (χ2v) is 10.5. The summed E-state index contributed by atoms with van der Waals surface area (Å²) in [6.45, 7) is 38.1. The summed E-state index contributed by atoms with van der Waals surface area (Å²) < 4.78 is 39.6. The molecule has 0 fully saturated rings. The number of hydrogen-bond donors (Lipinski definition) is 1. The maximum Gasteiger partial charge on any atom is 0.302 e. The van der Waals surface area contributed by atoms with Crippen LogP contribution in [0.3, 0.4) is 0 Å². The number of aliphatic hydroxyl groups is 1. The third-order valence-electron chi connectivity index (χ3n) is 3.13. The van der Waals surface area contributed by atoms with Gasteiger partial charge < -0.3 is 47.7 Å². The van der Waals surface area contributed by atoms with Crippen LogP contribution in [-0.4, -0.2) is 124 Å². The van der Waals surface area contributed by atoms with Crippen LogP contribution >= 0.6 is 0 Å². The molecule has 0 aliphatic heterocycles. The topological polar surface area (TPSA) is 257 Å². The standard InChI is InChI=1S/9C4H8O2.C4H10O/c9*1-3-6-4(2)5;1-4(2,3)5/h9*3H2,1-2H3;5H,1-3H3. The van der Waals surface area contributed by atoms with Crippen LogP contribution in [0.25, 0.3) is 0 Å². The van der Waals surface area contributed by atoms with Gasteiger partial charge in [0.25, 0.3) is 0 Å². The minimum Gasteiger partial charge on any atom is -0.466 e. The van der Waals surface area contributed by atoms with E-state index in [4.69, 9.17) is 5.11 Å². The highest BCUT2D eigenvalue weighted by Gasteiger charge is 1.98. The highest BCUT2D eigenvalue weighted by atomic mass is 16.6. The van der Waals surface area contributed by atoms with Crippen molar-refractivity contribution in [3.05, 3.63) is 0 Å². The zero-order valence-corrected chi connectivity index (χ0v) is 40.2. The quantitative estimate of drug-likeness (QED) is 0.209. The van der Waals surface area contributed by atoms with E-state index < -0.39 is 5.60 Å². The summed E-state index contributed by atoms with van der Waals surface area (Å²) in [5.74, 6) is -1.90. The highest BCUT2D eigenvalue weighted by molar-refractivity contribution is 5.68. The third-order valence-corrected chi connectivity index (χ3v) is 3.13. The van der Waals surface area contributed by atoms with Gasteiger partial charge in [0.15, 0.2) is 0 Å². The molecule has 0 heterocycles. The molecule has 59 heavy (non-hydrogen) atoms. The van der Waals surface area contributed by atoms with E-state index in [1.165, 1.54) is 62.3 Å². The minimum atomic E-state index is -0.500. The van der Waals surface area contributed by atoms with Crippen LogP contribution < -0.4 is 0 Å². The van der Waals surface area contributed by atoms with E-state index in [1.807, 2.05) is 0 Å². The largest absolute Gasteiger partial charge is 0.466 e. The van der Waals surface area contributed by atoms with Crippen LogP contribution in [0.15, 0.2) is 0 Å². The van der Waals surface area contributed by atoms with Gasteiger partial charge in [-0.1, -0.05) is 0 Å². The fourth-order valence-corrected chi connectivity index (χ4v) is 1.83. The summed E-state index contributed by atoms with van der Waals surface area (Å²) in [5.41, 5.74) is -0.500. The monoisotopic (exact) mass is 867 g/mol. The maximum absolute atomic E-state index is 9.82. The first-order chi connectivity index (χ1) is 26.9. The smallest absolute Gasteiger partial charge is 0.302 e. The predicted molar refractivity (Wildman–Crippen MR) is 223 cm³/mol. The van der Waals surface area contributed by atoms with Crippen LogP contribution in [0.2, 0.25) is 0 Å². The molecule has 0 spiro atoms. The van der Waals surface area contributed by atoms with Gasteiger partial charge in [0.2, 0.25) is 0 Å². The van der Waals surface area contributed by atoms with Crippen molar-refractivity contribution in [2.45, 2.75) is 151 Å². The van der Waals surface area contributed by atoms with Gasteiger partial charge in [-0.3, -0.25) is 43.2 Å². The Balaban J connectivity index is -0.0000000565. The van der Waals surface area contributed by atoms with Crippen molar-refractivity contribution < 1.29 is 90.9 Å². The Morgan fingerprint density at radius 2 is 0.322 bits per heavy atom. The maximum atomic E-state index is 9.82. The summed E-state index contributed by atoms with van der Waals surface area (Å²) in [7, 11) is 0. The average molecular weight is 867 g/mol. The van der Waals surface area contributed by atoms with Crippen LogP contribution in [0.4, 0.5) is 0 Å². The Kier molecular flexibility index (Phi) is 90.4. The Morgan fingerprint density at radius 3 is 0.322 bits per heavy atom. The van der Waals surface area contributed by atoms with Crippen molar-refractivity contribution in [2.24, 2.45) is 0 Å². The fraction of sp³-hybridized carbons (Fsp3) is 0.775. The molecule has 0 saturated carbocycles. The molecule has 0 atom stereocenters. The summed E-state index contributed by atoms with van der Waals surface area (Å²) in [5, 5.41) is 8.52. The number of carbonyl (C=O) groups is 9. The van der Waals surface area contributed by atoms with E-state index in [2.05, 4.69) is 42.6 Å². The molecule has 0 amide bonds. The second kappa shape index (κ2) is 67.9. The molecule has 1 N–H and O–H groups in total. The molecule has 19 heteroatoms. The van der Waals surface area contributed by atoms with E-state index in [9.17, 15) is 43.2 Å². The normalized spacial score (nSPS) is 8.03. The Labute approximate surface area is 354 Å². The summed E-state index contributed by atoms with van der Waals surface area (Å²) >= 11 is 0. The first-order valence-corrected chi connectivity index (χ1v) is 18.9. The van der Waals surface area contributed by atoms with Gasteiger partial charge in [0.05, 0.1) is 65.1 Å². The number of ether oxygens (including phenoxy) is 9. The van der Waals surface area contributed by atoms with Crippen LogP contribution in [0, 0.1) is 0 Å². The van der Waals surface area contributed by atoms with Crippen molar-refractivity contribution in [3.8, 4) is 0 Å². The highest BCUT2D eigenvalue weighted by Crippen LogP contribution is 1.93. The first-order valence-electron chi connectivity index (χ1n) is 18.9. The molecule has 0 aromatic heterocycles. The van der Waals surface area contributed by atoms with E-state index in [0.717, 1.165) is 0 Å². The zero-order chi connectivity index (χ0) is 49.4. The van der Waals surface area contributed by atoms with E-state index >= 15 is 0 Å². The molecule has 0 aliphatic rings. The van der Waals surface area contributed by atoms with E-state index in [-0.39, 0.29) is 53.7 Å². The van der Waals surface area contributed by atoms with Gasteiger partial charge in [-0.2, -0.15) is 0 Å². The predicted octanol–water partition coefficient (Wildman–Crippen LogP) is 5.90. The van der Waals surface area contributed by atoms with Gasteiger partial charge in [0, 0.05) is 62.3 Å². The van der Waals surface area contributed by atoms with Crippen molar-refractivity contribution in [2.75, 3.05) is 59.5 Å². The average Bonchev–Trinajstić information content (AvgIpc) is 3.02. The molecule has 0 saturated heterocycles. The number of carbonyl (C=O) groups excluding carboxylic acids is 9. The van der Waals surface area contributed by atoms with Gasteiger partial charge >= 0.3 is 53.7 Å². The van der Waals surface area contributed by atoms with Gasteiger partial charge in [-0.15, -0.1) is 0 Å².